The predicted molar refractivity (Wildman–Crippen MR) is 114 cm³/mol. The maximum atomic E-state index is 12.7. The second-order valence-corrected chi connectivity index (χ2v) is 7.99. The van der Waals surface area contributed by atoms with Crippen molar-refractivity contribution in [3.63, 3.8) is 0 Å². The van der Waals surface area contributed by atoms with Crippen molar-refractivity contribution in [2.45, 2.75) is 6.04 Å². The van der Waals surface area contributed by atoms with E-state index in [4.69, 9.17) is 27.9 Å². The van der Waals surface area contributed by atoms with Crippen molar-refractivity contribution < 1.29 is 14.4 Å². The third-order valence-electron chi connectivity index (χ3n) is 5.08. The fourth-order valence-electron chi connectivity index (χ4n) is 3.45. The monoisotopic (exact) mass is 422 g/mol. The smallest absolute Gasteiger partial charge is 0.253 e. The molecule has 2 aromatic rings. The van der Waals surface area contributed by atoms with Gasteiger partial charge < -0.3 is 19.9 Å². The number of nitrogens with zero attached hydrogens (tertiary/aromatic N) is 1. The van der Waals surface area contributed by atoms with Gasteiger partial charge in [0.1, 0.15) is 19.1 Å². The van der Waals surface area contributed by atoms with E-state index in [1.54, 1.807) is 18.2 Å². The summed E-state index contributed by atoms with van der Waals surface area (Å²) in [4.78, 5) is 16.2. The molecule has 1 amide bonds. The average Bonchev–Trinajstić information content (AvgIpc) is 2.71. The largest absolute Gasteiger partial charge is 0.378 e. The van der Waals surface area contributed by atoms with E-state index >= 15 is 0 Å². The second kappa shape index (κ2) is 9.61. The Morgan fingerprint density at radius 2 is 1.82 bits per heavy atom. The van der Waals surface area contributed by atoms with Crippen LogP contribution in [0.1, 0.15) is 22.0 Å². The van der Waals surface area contributed by atoms with Gasteiger partial charge in [-0.1, -0.05) is 35.3 Å². The number of morpholine rings is 1. The van der Waals surface area contributed by atoms with Gasteiger partial charge in [0.15, 0.2) is 0 Å². The van der Waals surface area contributed by atoms with E-state index in [1.165, 1.54) is 10.5 Å². The Hall–Kier alpha value is -1.79. The minimum atomic E-state index is -0.213. The molecule has 150 valence electrons. The fourth-order valence-corrected chi connectivity index (χ4v) is 3.82. The van der Waals surface area contributed by atoms with Crippen LogP contribution in [0.3, 0.4) is 0 Å². The lowest BCUT2D eigenvalue weighted by molar-refractivity contribution is -0.937. The minimum Gasteiger partial charge on any atom is -0.378 e. The molecule has 1 atom stereocenters. The maximum Gasteiger partial charge on any atom is 0.253 e. The molecule has 0 radical (unpaired) electrons. The summed E-state index contributed by atoms with van der Waals surface area (Å²) in [5.74, 6) is -0.213. The van der Waals surface area contributed by atoms with Gasteiger partial charge in [0.25, 0.3) is 5.91 Å². The lowest BCUT2D eigenvalue weighted by atomic mass is 10.0. The van der Waals surface area contributed by atoms with E-state index < -0.39 is 0 Å². The number of quaternary nitrogens is 1. The zero-order valence-electron chi connectivity index (χ0n) is 16.2. The zero-order chi connectivity index (χ0) is 20.1. The van der Waals surface area contributed by atoms with Crippen molar-refractivity contribution >= 4 is 34.8 Å². The van der Waals surface area contributed by atoms with Crippen molar-refractivity contribution in [2.75, 3.05) is 51.8 Å². The topological polar surface area (TPSA) is 46.0 Å². The van der Waals surface area contributed by atoms with Gasteiger partial charge in [-0.25, -0.2) is 0 Å². The summed E-state index contributed by atoms with van der Waals surface area (Å²) in [5.41, 5.74) is 2.74. The van der Waals surface area contributed by atoms with E-state index in [9.17, 15) is 4.79 Å². The second-order valence-electron chi connectivity index (χ2n) is 7.14. The predicted octanol–water partition coefficient (Wildman–Crippen LogP) is 2.45. The molecule has 1 aliphatic heterocycles. The van der Waals surface area contributed by atoms with Crippen LogP contribution in [0, 0.1) is 0 Å². The van der Waals surface area contributed by atoms with E-state index in [2.05, 4.69) is 34.5 Å². The number of benzene rings is 2. The van der Waals surface area contributed by atoms with Crippen LogP contribution >= 0.6 is 23.2 Å². The van der Waals surface area contributed by atoms with Gasteiger partial charge in [-0.15, -0.1) is 0 Å². The van der Waals surface area contributed by atoms with E-state index in [0.29, 0.717) is 22.2 Å². The Morgan fingerprint density at radius 3 is 2.46 bits per heavy atom. The molecular formula is C21H26Cl2N3O2+. The molecule has 0 aliphatic carbocycles. The first-order chi connectivity index (χ1) is 13.5. The summed E-state index contributed by atoms with van der Waals surface area (Å²) < 4.78 is 5.51. The zero-order valence-corrected chi connectivity index (χ0v) is 17.7. The Bertz CT molecular complexity index is 806. The molecule has 5 nitrogen and oxygen atoms in total. The number of nitrogens with one attached hydrogen (secondary N) is 2. The number of anilines is 1. The Morgan fingerprint density at radius 1 is 1.14 bits per heavy atom. The Balaban J connectivity index is 1.77. The Kier molecular flexibility index (Phi) is 7.18. The van der Waals surface area contributed by atoms with E-state index in [-0.39, 0.29) is 11.9 Å². The van der Waals surface area contributed by atoms with Crippen LogP contribution in [0.15, 0.2) is 42.5 Å². The molecule has 2 aromatic carbocycles. The molecule has 0 unspecified atom stereocenters. The highest BCUT2D eigenvalue weighted by atomic mass is 35.5. The number of hydrogen-bond donors (Lipinski definition) is 2. The molecule has 1 aliphatic rings. The van der Waals surface area contributed by atoms with Crippen LogP contribution in [0.2, 0.25) is 10.0 Å². The molecule has 0 saturated carbocycles. The molecule has 0 aromatic heterocycles. The highest BCUT2D eigenvalue weighted by Crippen LogP contribution is 2.21. The fraction of sp³-hybridized carbons (Fsp3) is 0.381. The lowest BCUT2D eigenvalue weighted by Gasteiger charge is -2.32. The molecule has 7 heteroatoms. The standard InChI is InChI=1S/C21H25Cl2N3O2/c1-25(2)17-6-3-15(4-7-17)20(26-9-11-28-12-10-26)14-24-21(27)18-13-16(22)5-8-19(18)23/h3-8,13,20H,9-12,14H2,1-2H3,(H,24,27)/p+1/t20-/m0/s1. The van der Waals surface area contributed by atoms with Crippen molar-refractivity contribution in [1.82, 2.24) is 5.32 Å². The van der Waals surface area contributed by atoms with Gasteiger partial charge in [-0.3, -0.25) is 4.79 Å². The third kappa shape index (κ3) is 5.17. The maximum absolute atomic E-state index is 12.7. The molecule has 0 spiro atoms. The first kappa shape index (κ1) is 20.9. The number of halogens is 2. The summed E-state index contributed by atoms with van der Waals surface area (Å²) in [6, 6.07) is 13.6. The molecule has 2 N–H and O–H groups in total. The number of carbonyl (C=O) groups is 1. The first-order valence-corrected chi connectivity index (χ1v) is 10.1. The summed E-state index contributed by atoms with van der Waals surface area (Å²) in [7, 11) is 4.04. The van der Waals surface area contributed by atoms with Crippen LogP contribution < -0.4 is 15.1 Å². The van der Waals surface area contributed by atoms with Gasteiger partial charge in [0.05, 0.1) is 30.3 Å². The van der Waals surface area contributed by atoms with Gasteiger partial charge in [0, 0.05) is 30.4 Å². The summed E-state index contributed by atoms with van der Waals surface area (Å²) >= 11 is 12.2. The first-order valence-electron chi connectivity index (χ1n) is 9.38. The van der Waals surface area contributed by atoms with Crippen molar-refractivity contribution in [1.29, 1.82) is 0 Å². The molecule has 28 heavy (non-hydrogen) atoms. The molecule has 1 saturated heterocycles. The van der Waals surface area contributed by atoms with Gasteiger partial charge >= 0.3 is 0 Å². The highest BCUT2D eigenvalue weighted by Gasteiger charge is 2.27. The molecule has 3 rings (SSSR count). The molecule has 1 fully saturated rings. The number of amides is 1. The number of carbonyl (C=O) groups excluding carboxylic acids is 1. The lowest BCUT2D eigenvalue weighted by Crippen LogP contribution is -3.15. The minimum absolute atomic E-state index is 0.141. The third-order valence-corrected chi connectivity index (χ3v) is 5.64. The summed E-state index contributed by atoms with van der Waals surface area (Å²) in [6.07, 6.45) is 0. The van der Waals surface area contributed by atoms with Gasteiger partial charge in [-0.05, 0) is 30.3 Å². The van der Waals surface area contributed by atoms with E-state index in [0.717, 1.165) is 32.0 Å². The molecular weight excluding hydrogens is 397 g/mol. The Labute approximate surface area is 176 Å². The van der Waals surface area contributed by atoms with Crippen LogP contribution in [0.4, 0.5) is 5.69 Å². The normalized spacial score (nSPS) is 15.9. The van der Waals surface area contributed by atoms with Crippen LogP contribution in [0.5, 0.6) is 0 Å². The molecule has 0 bridgehead atoms. The van der Waals surface area contributed by atoms with Crippen molar-refractivity contribution in [3.8, 4) is 0 Å². The number of rotatable bonds is 6. The van der Waals surface area contributed by atoms with E-state index in [1.807, 2.05) is 14.1 Å². The SMILES string of the molecule is CN(C)c1ccc([C@H](CNC(=O)c2cc(Cl)ccc2Cl)[NH+]2CCOCC2)cc1. The van der Waals surface area contributed by atoms with Gasteiger partial charge in [0.2, 0.25) is 0 Å². The van der Waals surface area contributed by atoms with Crippen LogP contribution in [-0.2, 0) is 4.74 Å². The summed E-state index contributed by atoms with van der Waals surface area (Å²) in [6.45, 7) is 3.80. The highest BCUT2D eigenvalue weighted by molar-refractivity contribution is 6.35. The quantitative estimate of drug-likeness (QED) is 0.751. The summed E-state index contributed by atoms with van der Waals surface area (Å²) in [5, 5.41) is 3.93. The van der Waals surface area contributed by atoms with Crippen LogP contribution in [-0.4, -0.2) is 52.9 Å². The van der Waals surface area contributed by atoms with Crippen molar-refractivity contribution in [2.24, 2.45) is 0 Å². The van der Waals surface area contributed by atoms with Crippen LogP contribution in [0.25, 0.3) is 0 Å². The molecule has 1 heterocycles. The number of ether oxygens (including phenoxy) is 1. The average molecular weight is 423 g/mol. The van der Waals surface area contributed by atoms with Gasteiger partial charge in [-0.2, -0.15) is 0 Å². The van der Waals surface area contributed by atoms with Crippen molar-refractivity contribution in [3.05, 3.63) is 63.6 Å². The number of hydrogen-bond acceptors (Lipinski definition) is 3.